The molecule has 0 atom stereocenters. The van der Waals surface area contributed by atoms with Crippen LogP contribution in [0.3, 0.4) is 0 Å². The topological polar surface area (TPSA) is 46.9 Å². The van der Waals surface area contributed by atoms with E-state index in [9.17, 15) is 4.79 Å². The molecule has 4 nitrogen and oxygen atoms in total. The highest BCUT2D eigenvalue weighted by Crippen LogP contribution is 2.19. The van der Waals surface area contributed by atoms with Crippen LogP contribution < -0.4 is 5.32 Å². The zero-order valence-electron chi connectivity index (χ0n) is 13.8. The minimum absolute atomic E-state index is 0.0388. The van der Waals surface area contributed by atoms with Crippen LogP contribution in [0.1, 0.15) is 11.1 Å². The van der Waals surface area contributed by atoms with Crippen LogP contribution in [0.4, 0.5) is 5.82 Å². The normalized spacial score (nSPS) is 10.6. The van der Waals surface area contributed by atoms with Crippen molar-refractivity contribution in [3.63, 3.8) is 0 Å². The second-order valence-corrected chi connectivity index (χ2v) is 7.61. The third kappa shape index (κ3) is 5.21. The van der Waals surface area contributed by atoms with Gasteiger partial charge in [0.1, 0.15) is 5.82 Å². The quantitative estimate of drug-likeness (QED) is 0.591. The van der Waals surface area contributed by atoms with Crippen LogP contribution in [0.5, 0.6) is 0 Å². The summed E-state index contributed by atoms with van der Waals surface area (Å²) in [6, 6.07) is 18.0. The minimum Gasteiger partial charge on any atom is -0.310 e. The Balaban J connectivity index is 1.57. The summed E-state index contributed by atoms with van der Waals surface area (Å²) in [5.74, 6) is 1.03. The average molecular weight is 416 g/mol. The average Bonchev–Trinajstić information content (AvgIpc) is 3.03. The Kier molecular flexibility index (Phi) is 5.94. The molecule has 3 aromatic rings. The van der Waals surface area contributed by atoms with Crippen molar-refractivity contribution in [1.82, 2.24) is 9.78 Å². The van der Waals surface area contributed by atoms with Crippen LogP contribution in [0.25, 0.3) is 0 Å². The van der Waals surface area contributed by atoms with Crippen LogP contribution >= 0.6 is 27.7 Å². The van der Waals surface area contributed by atoms with Gasteiger partial charge in [-0.3, -0.25) is 4.79 Å². The smallest absolute Gasteiger partial charge is 0.235 e. The number of aromatic nitrogens is 2. The predicted molar refractivity (Wildman–Crippen MR) is 106 cm³/mol. The lowest BCUT2D eigenvalue weighted by Gasteiger charge is -2.09. The maximum atomic E-state index is 12.2. The van der Waals surface area contributed by atoms with Gasteiger partial charge >= 0.3 is 0 Å². The van der Waals surface area contributed by atoms with Crippen molar-refractivity contribution < 1.29 is 4.79 Å². The van der Waals surface area contributed by atoms with Crippen molar-refractivity contribution in [2.24, 2.45) is 0 Å². The molecule has 0 aliphatic rings. The van der Waals surface area contributed by atoms with Gasteiger partial charge in [-0.2, -0.15) is 5.10 Å². The van der Waals surface area contributed by atoms with E-state index < -0.39 is 0 Å². The molecule has 25 heavy (non-hydrogen) atoms. The molecule has 0 saturated carbocycles. The molecule has 0 fully saturated rings. The van der Waals surface area contributed by atoms with Crippen molar-refractivity contribution in [3.05, 3.63) is 76.4 Å². The Hall–Kier alpha value is -2.05. The van der Waals surface area contributed by atoms with Crippen molar-refractivity contribution in [2.75, 3.05) is 11.1 Å². The van der Waals surface area contributed by atoms with Crippen molar-refractivity contribution >= 4 is 39.4 Å². The summed E-state index contributed by atoms with van der Waals surface area (Å²) in [6.45, 7) is 2.66. The number of hydrogen-bond acceptors (Lipinski definition) is 3. The van der Waals surface area contributed by atoms with Crippen LogP contribution in [-0.4, -0.2) is 21.4 Å². The largest absolute Gasteiger partial charge is 0.310 e. The van der Waals surface area contributed by atoms with Crippen LogP contribution in [0, 0.1) is 6.92 Å². The number of nitrogens with one attached hydrogen (secondary N) is 1. The lowest BCUT2D eigenvalue weighted by Crippen LogP contribution is -2.17. The van der Waals surface area contributed by atoms with Gasteiger partial charge in [0, 0.05) is 15.4 Å². The molecule has 0 radical (unpaired) electrons. The van der Waals surface area contributed by atoms with E-state index in [1.54, 1.807) is 10.9 Å². The Morgan fingerprint density at radius 1 is 1.12 bits per heavy atom. The van der Waals surface area contributed by atoms with Gasteiger partial charge in [-0.15, -0.1) is 11.8 Å². The first-order valence-corrected chi connectivity index (χ1v) is 9.63. The summed E-state index contributed by atoms with van der Waals surface area (Å²) in [5, 5.41) is 7.23. The number of carbonyl (C=O) groups excluding carboxylic acids is 1. The van der Waals surface area contributed by atoms with E-state index >= 15 is 0 Å². The maximum Gasteiger partial charge on any atom is 0.235 e. The van der Waals surface area contributed by atoms with E-state index in [0.29, 0.717) is 18.1 Å². The Morgan fingerprint density at radius 3 is 2.56 bits per heavy atom. The number of rotatable bonds is 6. The first-order valence-electron chi connectivity index (χ1n) is 7.86. The molecule has 1 N–H and O–H groups in total. The highest BCUT2D eigenvalue weighted by atomic mass is 79.9. The molecular formula is C19H18BrN3OS. The number of halogens is 1. The first kappa shape index (κ1) is 17.8. The molecule has 1 heterocycles. The lowest BCUT2D eigenvalue weighted by atomic mass is 10.2. The number of nitrogens with zero attached hydrogens (tertiary/aromatic N) is 2. The number of aryl methyl sites for hydroxylation is 1. The molecule has 0 spiro atoms. The third-order valence-corrected chi connectivity index (χ3v) is 5.16. The Morgan fingerprint density at radius 2 is 1.84 bits per heavy atom. The molecule has 0 bridgehead atoms. The molecule has 0 saturated heterocycles. The van der Waals surface area contributed by atoms with Gasteiger partial charge < -0.3 is 5.32 Å². The summed E-state index contributed by atoms with van der Waals surface area (Å²) < 4.78 is 2.83. The molecule has 6 heteroatoms. The molecule has 1 aromatic heterocycles. The molecule has 0 aliphatic heterocycles. The highest BCUT2D eigenvalue weighted by molar-refractivity contribution is 9.10. The lowest BCUT2D eigenvalue weighted by molar-refractivity contribution is -0.113. The van der Waals surface area contributed by atoms with E-state index in [1.165, 1.54) is 17.3 Å². The number of hydrogen-bond donors (Lipinski definition) is 1. The van der Waals surface area contributed by atoms with Gasteiger partial charge in [-0.25, -0.2) is 4.68 Å². The summed E-state index contributed by atoms with van der Waals surface area (Å²) >= 11 is 4.95. The second kappa shape index (κ2) is 8.36. The van der Waals surface area contributed by atoms with E-state index in [4.69, 9.17) is 0 Å². The molecular weight excluding hydrogens is 398 g/mol. The van der Waals surface area contributed by atoms with E-state index in [-0.39, 0.29) is 5.91 Å². The molecule has 0 unspecified atom stereocenters. The van der Waals surface area contributed by atoms with Gasteiger partial charge in [0.2, 0.25) is 5.91 Å². The monoisotopic (exact) mass is 415 g/mol. The van der Waals surface area contributed by atoms with Crippen molar-refractivity contribution in [3.8, 4) is 0 Å². The SMILES string of the molecule is Cc1ccc(SCC(=O)Nc2ccnn2Cc2ccc(Br)cc2)cc1. The highest BCUT2D eigenvalue weighted by Gasteiger charge is 2.08. The number of amides is 1. The van der Waals surface area contributed by atoms with Gasteiger partial charge in [-0.05, 0) is 36.8 Å². The second-order valence-electron chi connectivity index (χ2n) is 5.65. The minimum atomic E-state index is -0.0388. The fraction of sp³-hybridized carbons (Fsp3) is 0.158. The fourth-order valence-electron chi connectivity index (χ4n) is 2.29. The van der Waals surface area contributed by atoms with Gasteiger partial charge in [0.05, 0.1) is 18.5 Å². The van der Waals surface area contributed by atoms with E-state index in [2.05, 4.69) is 26.3 Å². The molecule has 1 amide bonds. The summed E-state index contributed by atoms with van der Waals surface area (Å²) in [7, 11) is 0. The molecule has 128 valence electrons. The summed E-state index contributed by atoms with van der Waals surface area (Å²) in [5.41, 5.74) is 2.34. The van der Waals surface area contributed by atoms with Crippen LogP contribution in [0.15, 0.2) is 70.2 Å². The first-order chi connectivity index (χ1) is 12.1. The van der Waals surface area contributed by atoms with Crippen molar-refractivity contribution in [2.45, 2.75) is 18.4 Å². The summed E-state index contributed by atoms with van der Waals surface area (Å²) in [6.07, 6.45) is 1.70. The zero-order chi connectivity index (χ0) is 17.6. The maximum absolute atomic E-state index is 12.2. The van der Waals surface area contributed by atoms with E-state index in [0.717, 1.165) is 14.9 Å². The predicted octanol–water partition coefficient (Wildman–Crippen LogP) is 4.73. The van der Waals surface area contributed by atoms with Crippen LogP contribution in [-0.2, 0) is 11.3 Å². The third-order valence-electron chi connectivity index (χ3n) is 3.62. The fourth-order valence-corrected chi connectivity index (χ4v) is 3.25. The molecule has 2 aromatic carbocycles. The number of carbonyl (C=O) groups is 1. The standard InChI is InChI=1S/C19H18BrN3OS/c1-14-2-8-17(9-3-14)25-13-19(24)22-18-10-11-21-23(18)12-15-4-6-16(20)7-5-15/h2-11H,12-13H2,1H3,(H,22,24). The summed E-state index contributed by atoms with van der Waals surface area (Å²) in [4.78, 5) is 13.3. The van der Waals surface area contributed by atoms with Gasteiger partial charge in [0.25, 0.3) is 0 Å². The zero-order valence-corrected chi connectivity index (χ0v) is 16.2. The van der Waals surface area contributed by atoms with Gasteiger partial charge in [-0.1, -0.05) is 45.8 Å². The number of anilines is 1. The van der Waals surface area contributed by atoms with Crippen LogP contribution in [0.2, 0.25) is 0 Å². The Labute approximate surface area is 159 Å². The molecule has 3 rings (SSSR count). The van der Waals surface area contributed by atoms with Crippen molar-refractivity contribution in [1.29, 1.82) is 0 Å². The van der Waals surface area contributed by atoms with E-state index in [1.807, 2.05) is 61.5 Å². The Bertz CT molecular complexity index is 844. The number of benzene rings is 2. The molecule has 0 aliphatic carbocycles. The number of thioether (sulfide) groups is 1. The van der Waals surface area contributed by atoms with Gasteiger partial charge in [0.15, 0.2) is 0 Å².